The predicted octanol–water partition coefficient (Wildman–Crippen LogP) is 9.49. The van der Waals surface area contributed by atoms with Gasteiger partial charge in [-0.15, -0.1) is 0 Å². The summed E-state index contributed by atoms with van der Waals surface area (Å²) in [6.07, 6.45) is 0. The van der Waals surface area contributed by atoms with Crippen LogP contribution in [0.25, 0.3) is 33.1 Å². The molecule has 0 atom stereocenters. The highest BCUT2D eigenvalue weighted by atomic mass is 79.9. The van der Waals surface area contributed by atoms with Gasteiger partial charge in [0, 0.05) is 26.6 Å². The number of halogens is 1. The Labute approximate surface area is 200 Å². The monoisotopic (exact) mass is 489 g/mol. The summed E-state index contributed by atoms with van der Waals surface area (Å²) in [4.78, 5) is 2.26. The van der Waals surface area contributed by atoms with Gasteiger partial charge in [0.2, 0.25) is 0 Å². The highest BCUT2D eigenvalue weighted by Gasteiger charge is 2.19. The second kappa shape index (κ2) is 8.27. The Bertz CT molecular complexity index is 1550. The van der Waals surface area contributed by atoms with Gasteiger partial charge < -0.3 is 9.32 Å². The summed E-state index contributed by atoms with van der Waals surface area (Å²) < 4.78 is 7.42. The Balaban J connectivity index is 1.54. The summed E-state index contributed by atoms with van der Waals surface area (Å²) in [5.41, 5.74) is 7.33. The van der Waals surface area contributed by atoms with Crippen molar-refractivity contribution in [2.24, 2.45) is 0 Å². The van der Waals surface area contributed by atoms with Crippen LogP contribution in [0.1, 0.15) is 0 Å². The van der Waals surface area contributed by atoms with E-state index in [1.54, 1.807) is 0 Å². The Morgan fingerprint density at radius 3 is 1.88 bits per heavy atom. The molecule has 0 spiro atoms. The van der Waals surface area contributed by atoms with E-state index in [1.165, 1.54) is 11.1 Å². The van der Waals surface area contributed by atoms with Crippen LogP contribution >= 0.6 is 15.9 Å². The average Bonchev–Trinajstić information content (AvgIpc) is 3.26. The first-order chi connectivity index (χ1) is 16.3. The number of fused-ring (bicyclic) bond motifs is 3. The van der Waals surface area contributed by atoms with Crippen LogP contribution in [0.4, 0.5) is 17.1 Å². The van der Waals surface area contributed by atoms with Crippen LogP contribution in [0.2, 0.25) is 0 Å². The van der Waals surface area contributed by atoms with E-state index in [9.17, 15) is 0 Å². The molecule has 0 amide bonds. The highest BCUT2D eigenvalue weighted by Crippen LogP contribution is 2.42. The Hall–Kier alpha value is -3.82. The zero-order valence-electron chi connectivity index (χ0n) is 17.8. The topological polar surface area (TPSA) is 16.4 Å². The molecule has 0 unspecified atom stereocenters. The lowest BCUT2D eigenvalue weighted by Gasteiger charge is -2.25. The normalized spacial score (nSPS) is 11.2. The smallest absolute Gasteiger partial charge is 0.159 e. The summed E-state index contributed by atoms with van der Waals surface area (Å²) in [6, 6.07) is 42.1. The SMILES string of the molecule is Brc1ccc(N(c2ccc(-c3ccccc3)cc2)c2cccc3c2oc2ccccc23)cc1. The summed E-state index contributed by atoms with van der Waals surface area (Å²) in [5, 5.41) is 2.25. The molecular formula is C30H20BrNO. The van der Waals surface area contributed by atoms with Crippen LogP contribution in [-0.2, 0) is 0 Å². The second-order valence-electron chi connectivity index (χ2n) is 7.98. The quantitative estimate of drug-likeness (QED) is 0.245. The van der Waals surface area contributed by atoms with Crippen LogP contribution < -0.4 is 4.90 Å². The molecule has 0 bridgehead atoms. The molecule has 0 aliphatic heterocycles. The third-order valence-corrected chi connectivity index (χ3v) is 6.47. The van der Waals surface area contributed by atoms with E-state index in [0.29, 0.717) is 0 Å². The van der Waals surface area contributed by atoms with E-state index < -0.39 is 0 Å². The third kappa shape index (κ3) is 3.61. The minimum atomic E-state index is 0.883. The number of para-hydroxylation sites is 2. The van der Waals surface area contributed by atoms with Gasteiger partial charge >= 0.3 is 0 Å². The van der Waals surface area contributed by atoms with Gasteiger partial charge in [-0.2, -0.15) is 0 Å². The molecule has 0 radical (unpaired) electrons. The minimum absolute atomic E-state index is 0.883. The molecule has 0 N–H and O–H groups in total. The number of anilines is 3. The van der Waals surface area contributed by atoms with Gasteiger partial charge in [-0.1, -0.05) is 88.7 Å². The summed E-state index contributed by atoms with van der Waals surface area (Å²) in [5.74, 6) is 0. The van der Waals surface area contributed by atoms with E-state index in [-0.39, 0.29) is 0 Å². The predicted molar refractivity (Wildman–Crippen MR) is 142 cm³/mol. The summed E-state index contributed by atoms with van der Waals surface area (Å²) >= 11 is 3.57. The number of hydrogen-bond donors (Lipinski definition) is 0. The van der Waals surface area contributed by atoms with Crippen molar-refractivity contribution in [3.05, 3.63) is 126 Å². The van der Waals surface area contributed by atoms with Crippen LogP contribution in [0.3, 0.4) is 0 Å². The molecule has 5 aromatic carbocycles. The molecule has 0 fully saturated rings. The lowest BCUT2D eigenvalue weighted by molar-refractivity contribution is 0.669. The second-order valence-corrected chi connectivity index (χ2v) is 8.89. The molecule has 1 heterocycles. The zero-order valence-corrected chi connectivity index (χ0v) is 19.4. The molecule has 6 aromatic rings. The summed E-state index contributed by atoms with van der Waals surface area (Å²) in [7, 11) is 0. The van der Waals surface area contributed by atoms with Gasteiger partial charge in [-0.05, 0) is 59.7 Å². The van der Waals surface area contributed by atoms with Gasteiger partial charge in [-0.3, -0.25) is 0 Å². The van der Waals surface area contributed by atoms with E-state index in [2.05, 4.69) is 124 Å². The van der Waals surface area contributed by atoms with Gasteiger partial charge in [0.1, 0.15) is 5.58 Å². The maximum atomic E-state index is 6.37. The molecule has 0 saturated heterocycles. The van der Waals surface area contributed by atoms with E-state index in [4.69, 9.17) is 4.42 Å². The zero-order chi connectivity index (χ0) is 22.2. The van der Waals surface area contributed by atoms with Crippen LogP contribution in [0.5, 0.6) is 0 Å². The molecule has 1 aromatic heterocycles. The van der Waals surface area contributed by atoms with Crippen molar-refractivity contribution in [2.75, 3.05) is 4.90 Å². The maximum Gasteiger partial charge on any atom is 0.159 e. The Morgan fingerprint density at radius 2 is 1.12 bits per heavy atom. The molecule has 0 saturated carbocycles. The van der Waals surface area contributed by atoms with Crippen molar-refractivity contribution in [1.82, 2.24) is 0 Å². The fraction of sp³-hybridized carbons (Fsp3) is 0. The van der Waals surface area contributed by atoms with E-state index >= 15 is 0 Å². The maximum absolute atomic E-state index is 6.37. The molecule has 158 valence electrons. The van der Waals surface area contributed by atoms with Crippen LogP contribution in [0.15, 0.2) is 130 Å². The van der Waals surface area contributed by atoms with Crippen LogP contribution in [-0.4, -0.2) is 0 Å². The number of hydrogen-bond acceptors (Lipinski definition) is 2. The van der Waals surface area contributed by atoms with Gasteiger partial charge in [-0.25, -0.2) is 0 Å². The fourth-order valence-corrected chi connectivity index (χ4v) is 4.62. The highest BCUT2D eigenvalue weighted by molar-refractivity contribution is 9.10. The molecule has 3 heteroatoms. The average molecular weight is 490 g/mol. The molecule has 2 nitrogen and oxygen atoms in total. The third-order valence-electron chi connectivity index (χ3n) is 5.94. The largest absolute Gasteiger partial charge is 0.454 e. The molecule has 0 aliphatic rings. The first-order valence-corrected chi connectivity index (χ1v) is 11.7. The van der Waals surface area contributed by atoms with Crippen molar-refractivity contribution in [2.45, 2.75) is 0 Å². The number of nitrogens with zero attached hydrogens (tertiary/aromatic N) is 1. The Morgan fingerprint density at radius 1 is 0.515 bits per heavy atom. The van der Waals surface area contributed by atoms with Crippen molar-refractivity contribution >= 4 is 54.9 Å². The minimum Gasteiger partial charge on any atom is -0.454 e. The van der Waals surface area contributed by atoms with Crippen molar-refractivity contribution in [1.29, 1.82) is 0 Å². The Kier molecular flexibility index (Phi) is 4.97. The van der Waals surface area contributed by atoms with E-state index in [0.717, 1.165) is 43.5 Å². The summed E-state index contributed by atoms with van der Waals surface area (Å²) in [6.45, 7) is 0. The molecule has 6 rings (SSSR count). The van der Waals surface area contributed by atoms with Gasteiger partial charge in [0.15, 0.2) is 5.58 Å². The fourth-order valence-electron chi connectivity index (χ4n) is 4.36. The van der Waals surface area contributed by atoms with Crippen molar-refractivity contribution < 1.29 is 4.42 Å². The molecule has 33 heavy (non-hydrogen) atoms. The lowest BCUT2D eigenvalue weighted by atomic mass is 10.0. The first kappa shape index (κ1) is 19.8. The first-order valence-electron chi connectivity index (χ1n) is 10.9. The standard InChI is InChI=1S/C30H20BrNO/c31-23-15-19-25(20-16-23)32(24-17-13-22(14-18-24)21-7-2-1-3-8-21)28-11-6-10-27-26-9-4-5-12-29(26)33-30(27)28/h1-20H. The van der Waals surface area contributed by atoms with E-state index in [1.807, 2.05) is 18.2 Å². The molecule has 0 aliphatic carbocycles. The van der Waals surface area contributed by atoms with Gasteiger partial charge in [0.25, 0.3) is 0 Å². The van der Waals surface area contributed by atoms with Crippen molar-refractivity contribution in [3.63, 3.8) is 0 Å². The number of rotatable bonds is 4. The number of furan rings is 1. The van der Waals surface area contributed by atoms with Gasteiger partial charge in [0.05, 0.1) is 5.69 Å². The number of benzene rings is 5. The van der Waals surface area contributed by atoms with Crippen molar-refractivity contribution in [3.8, 4) is 11.1 Å². The molecular weight excluding hydrogens is 470 g/mol. The van der Waals surface area contributed by atoms with Crippen LogP contribution in [0, 0.1) is 0 Å². The lowest BCUT2D eigenvalue weighted by Crippen LogP contribution is -2.10.